The molecular weight excluding hydrogens is 226 g/mol. The van der Waals surface area contributed by atoms with Crippen LogP contribution < -0.4 is 0 Å². The van der Waals surface area contributed by atoms with Gasteiger partial charge in [0.1, 0.15) is 0 Å². The highest BCUT2D eigenvalue weighted by atomic mass is 16.5. The number of rotatable bonds is 4. The largest absolute Gasteiger partial charge is 0.463 e. The molecule has 1 fully saturated rings. The molecule has 0 atom stereocenters. The molecule has 0 amide bonds. The lowest BCUT2D eigenvalue weighted by Crippen LogP contribution is -2.58. The summed E-state index contributed by atoms with van der Waals surface area (Å²) in [4.78, 5) is 13.5. The molecule has 0 aromatic heterocycles. The summed E-state index contributed by atoms with van der Waals surface area (Å²) in [5.41, 5.74) is 0.406. The van der Waals surface area contributed by atoms with Gasteiger partial charge in [-0.15, -0.1) is 0 Å². The zero-order valence-electron chi connectivity index (χ0n) is 12.5. The van der Waals surface area contributed by atoms with Crippen LogP contribution in [0.2, 0.25) is 0 Å². The molecule has 18 heavy (non-hydrogen) atoms. The summed E-state index contributed by atoms with van der Waals surface area (Å²) in [5.74, 6) is 0.297. The normalized spacial score (nSPS) is 23.6. The number of esters is 1. The maximum absolute atomic E-state index is 11.0. The van der Waals surface area contributed by atoms with Crippen molar-refractivity contribution < 1.29 is 9.53 Å². The Morgan fingerprint density at radius 1 is 1.33 bits per heavy atom. The van der Waals surface area contributed by atoms with Crippen molar-refractivity contribution in [2.75, 3.05) is 13.7 Å². The van der Waals surface area contributed by atoms with Crippen molar-refractivity contribution in [3.05, 3.63) is 12.7 Å². The van der Waals surface area contributed by atoms with Crippen LogP contribution in [0.25, 0.3) is 0 Å². The van der Waals surface area contributed by atoms with Gasteiger partial charge in [0, 0.05) is 17.2 Å². The number of ether oxygens (including phenoxy) is 1. The van der Waals surface area contributed by atoms with Crippen molar-refractivity contribution in [2.45, 2.75) is 58.0 Å². The molecule has 0 bridgehead atoms. The van der Waals surface area contributed by atoms with Crippen molar-refractivity contribution in [1.29, 1.82) is 0 Å². The first-order chi connectivity index (χ1) is 8.19. The molecule has 0 radical (unpaired) electrons. The molecule has 104 valence electrons. The zero-order valence-corrected chi connectivity index (χ0v) is 12.5. The van der Waals surface area contributed by atoms with Crippen LogP contribution >= 0.6 is 0 Å². The molecule has 1 heterocycles. The van der Waals surface area contributed by atoms with Crippen LogP contribution in [0, 0.1) is 5.92 Å². The predicted octanol–water partition coefficient (Wildman–Crippen LogP) is 3.00. The standard InChI is InChI=1S/C15H27NO2/c1-7-13(17)18-9-8-12-10-14(2,3)16(6)15(4,5)11-12/h7,12H,1,8-11H2,2-6H3. The van der Waals surface area contributed by atoms with Gasteiger partial charge in [-0.3, -0.25) is 4.90 Å². The topological polar surface area (TPSA) is 29.5 Å². The highest BCUT2D eigenvalue weighted by molar-refractivity contribution is 5.81. The summed E-state index contributed by atoms with van der Waals surface area (Å²) in [6.45, 7) is 13.1. The SMILES string of the molecule is C=CC(=O)OCCC1CC(C)(C)N(C)C(C)(C)C1. The van der Waals surface area contributed by atoms with E-state index in [0.717, 1.165) is 19.3 Å². The Kier molecular flexibility index (Phi) is 4.60. The molecule has 0 aliphatic carbocycles. The van der Waals surface area contributed by atoms with Gasteiger partial charge in [0.25, 0.3) is 0 Å². The Labute approximate surface area is 111 Å². The van der Waals surface area contributed by atoms with E-state index in [1.165, 1.54) is 6.08 Å². The van der Waals surface area contributed by atoms with Crippen molar-refractivity contribution in [1.82, 2.24) is 4.90 Å². The van der Waals surface area contributed by atoms with Gasteiger partial charge in [0.2, 0.25) is 0 Å². The fourth-order valence-electron chi connectivity index (χ4n) is 3.17. The fraction of sp³-hybridized carbons (Fsp3) is 0.800. The van der Waals surface area contributed by atoms with E-state index in [1.807, 2.05) is 0 Å². The van der Waals surface area contributed by atoms with E-state index < -0.39 is 0 Å². The minimum atomic E-state index is -0.318. The average Bonchev–Trinajstić information content (AvgIpc) is 2.25. The summed E-state index contributed by atoms with van der Waals surface area (Å²) in [6.07, 6.45) is 4.47. The molecule has 0 aromatic rings. The van der Waals surface area contributed by atoms with E-state index in [2.05, 4.69) is 46.2 Å². The van der Waals surface area contributed by atoms with Crippen LogP contribution in [-0.4, -0.2) is 35.6 Å². The first-order valence-corrected chi connectivity index (χ1v) is 6.72. The van der Waals surface area contributed by atoms with Crippen molar-refractivity contribution >= 4 is 5.97 Å². The lowest BCUT2D eigenvalue weighted by Gasteiger charge is -2.53. The van der Waals surface area contributed by atoms with Crippen molar-refractivity contribution in [3.8, 4) is 0 Å². The third-order valence-corrected chi connectivity index (χ3v) is 4.33. The molecule has 3 nitrogen and oxygen atoms in total. The third-order valence-electron chi connectivity index (χ3n) is 4.33. The van der Waals surface area contributed by atoms with E-state index in [1.54, 1.807) is 0 Å². The zero-order chi connectivity index (χ0) is 14.0. The van der Waals surface area contributed by atoms with Crippen LogP contribution in [-0.2, 0) is 9.53 Å². The maximum Gasteiger partial charge on any atom is 0.330 e. The molecule has 0 aromatic carbocycles. The molecule has 0 saturated carbocycles. The second-order valence-corrected chi connectivity index (χ2v) is 6.62. The number of hydrogen-bond donors (Lipinski definition) is 0. The first-order valence-electron chi connectivity index (χ1n) is 6.72. The lowest BCUT2D eigenvalue weighted by molar-refractivity contribution is -0.138. The Hall–Kier alpha value is -0.830. The van der Waals surface area contributed by atoms with E-state index in [-0.39, 0.29) is 17.0 Å². The van der Waals surface area contributed by atoms with Gasteiger partial charge in [-0.05, 0) is 59.9 Å². The summed E-state index contributed by atoms with van der Waals surface area (Å²) >= 11 is 0. The molecule has 1 saturated heterocycles. The van der Waals surface area contributed by atoms with Crippen molar-refractivity contribution in [3.63, 3.8) is 0 Å². The van der Waals surface area contributed by atoms with E-state index in [9.17, 15) is 4.79 Å². The summed E-state index contributed by atoms with van der Waals surface area (Å²) < 4.78 is 5.09. The molecule has 0 spiro atoms. The van der Waals surface area contributed by atoms with Gasteiger partial charge in [-0.2, -0.15) is 0 Å². The number of nitrogens with zero attached hydrogens (tertiary/aromatic N) is 1. The Morgan fingerprint density at radius 2 is 1.83 bits per heavy atom. The minimum absolute atomic E-state index is 0.203. The number of hydrogen-bond acceptors (Lipinski definition) is 3. The second kappa shape index (κ2) is 5.43. The van der Waals surface area contributed by atoms with Gasteiger partial charge < -0.3 is 4.74 Å². The first kappa shape index (κ1) is 15.2. The Balaban J connectivity index is 2.53. The smallest absolute Gasteiger partial charge is 0.330 e. The second-order valence-electron chi connectivity index (χ2n) is 6.62. The quantitative estimate of drug-likeness (QED) is 0.570. The summed E-state index contributed by atoms with van der Waals surface area (Å²) in [5, 5.41) is 0. The summed E-state index contributed by atoms with van der Waals surface area (Å²) in [6, 6.07) is 0. The molecule has 1 rings (SSSR count). The molecule has 0 N–H and O–H groups in total. The lowest BCUT2D eigenvalue weighted by atomic mass is 9.73. The number of likely N-dealkylation sites (tertiary alicyclic amines) is 1. The maximum atomic E-state index is 11.0. The van der Waals surface area contributed by atoms with E-state index in [4.69, 9.17) is 4.74 Å². The van der Waals surface area contributed by atoms with Crippen LogP contribution in [0.1, 0.15) is 47.0 Å². The molecule has 0 unspecified atom stereocenters. The number of carbonyl (C=O) groups is 1. The van der Waals surface area contributed by atoms with Gasteiger partial charge in [-0.25, -0.2) is 4.79 Å². The Bertz CT molecular complexity index is 302. The van der Waals surface area contributed by atoms with Gasteiger partial charge in [0.05, 0.1) is 6.61 Å². The van der Waals surface area contributed by atoms with Crippen LogP contribution in [0.15, 0.2) is 12.7 Å². The highest BCUT2D eigenvalue weighted by Crippen LogP contribution is 2.41. The number of piperidine rings is 1. The number of carbonyl (C=O) groups excluding carboxylic acids is 1. The molecule has 1 aliphatic rings. The molecule has 3 heteroatoms. The summed E-state index contributed by atoms with van der Waals surface area (Å²) in [7, 11) is 2.20. The van der Waals surface area contributed by atoms with E-state index >= 15 is 0 Å². The predicted molar refractivity (Wildman–Crippen MR) is 74.4 cm³/mol. The average molecular weight is 253 g/mol. The minimum Gasteiger partial charge on any atom is -0.463 e. The van der Waals surface area contributed by atoms with Crippen LogP contribution in [0.5, 0.6) is 0 Å². The van der Waals surface area contributed by atoms with Crippen LogP contribution in [0.4, 0.5) is 0 Å². The van der Waals surface area contributed by atoms with Gasteiger partial charge >= 0.3 is 5.97 Å². The van der Waals surface area contributed by atoms with Crippen LogP contribution in [0.3, 0.4) is 0 Å². The van der Waals surface area contributed by atoms with Gasteiger partial charge in [-0.1, -0.05) is 6.58 Å². The van der Waals surface area contributed by atoms with Crippen molar-refractivity contribution in [2.24, 2.45) is 5.92 Å². The fourth-order valence-corrected chi connectivity index (χ4v) is 3.17. The Morgan fingerprint density at radius 3 is 2.28 bits per heavy atom. The van der Waals surface area contributed by atoms with E-state index in [0.29, 0.717) is 12.5 Å². The molecule has 1 aliphatic heterocycles. The monoisotopic (exact) mass is 253 g/mol. The highest BCUT2D eigenvalue weighted by Gasteiger charge is 2.42. The third kappa shape index (κ3) is 3.58. The molecular formula is C15H27NO2. The van der Waals surface area contributed by atoms with Gasteiger partial charge in [0.15, 0.2) is 0 Å².